The van der Waals surface area contributed by atoms with Crippen molar-refractivity contribution in [1.29, 1.82) is 0 Å². The molecule has 3 aromatic rings. The van der Waals surface area contributed by atoms with Crippen molar-refractivity contribution in [2.75, 3.05) is 13.7 Å². The average molecular weight is 349 g/mol. The van der Waals surface area contributed by atoms with Crippen molar-refractivity contribution < 1.29 is 13.9 Å². The number of nitrogens with zero attached hydrogens (tertiary/aromatic N) is 1. The first-order chi connectivity index (χ1) is 12.7. The maximum absolute atomic E-state index is 12.5. The van der Waals surface area contributed by atoms with Gasteiger partial charge in [-0.15, -0.1) is 0 Å². The van der Waals surface area contributed by atoms with Crippen LogP contribution in [-0.2, 0) is 11.3 Å². The molecular weight excluding hydrogens is 326 g/mol. The molecule has 0 bridgehead atoms. The lowest BCUT2D eigenvalue weighted by atomic mass is 10.0. The highest BCUT2D eigenvalue weighted by atomic mass is 16.5. The van der Waals surface area contributed by atoms with Crippen molar-refractivity contribution in [1.82, 2.24) is 4.90 Å². The molecule has 0 spiro atoms. The molecule has 0 fully saturated rings. The Bertz CT molecular complexity index is 897. The lowest BCUT2D eigenvalue weighted by molar-refractivity contribution is -0.125. The third-order valence-electron chi connectivity index (χ3n) is 4.16. The van der Waals surface area contributed by atoms with E-state index in [1.807, 2.05) is 24.3 Å². The maximum Gasteiger partial charge on any atom is 0.246 e. The number of amides is 1. The van der Waals surface area contributed by atoms with Crippen molar-refractivity contribution in [2.45, 2.75) is 19.9 Å². The summed E-state index contributed by atoms with van der Waals surface area (Å²) in [6, 6.07) is 15.8. The molecule has 1 heterocycles. The lowest BCUT2D eigenvalue weighted by Gasteiger charge is -2.20. The monoisotopic (exact) mass is 349 g/mol. The van der Waals surface area contributed by atoms with Crippen molar-refractivity contribution in [3.05, 3.63) is 72.2 Å². The zero-order chi connectivity index (χ0) is 18.4. The van der Waals surface area contributed by atoms with Crippen LogP contribution in [0.4, 0.5) is 0 Å². The fraction of sp³-hybridized carbons (Fsp3) is 0.227. The molecule has 134 valence electrons. The predicted molar refractivity (Wildman–Crippen MR) is 104 cm³/mol. The fourth-order valence-electron chi connectivity index (χ4n) is 2.81. The van der Waals surface area contributed by atoms with Gasteiger partial charge in [0.15, 0.2) is 0 Å². The second kappa shape index (κ2) is 8.39. The van der Waals surface area contributed by atoms with Gasteiger partial charge in [0.05, 0.1) is 12.9 Å². The van der Waals surface area contributed by atoms with Crippen molar-refractivity contribution >= 4 is 22.8 Å². The Hall–Kier alpha value is -3.01. The largest absolute Gasteiger partial charge is 0.493 e. The van der Waals surface area contributed by atoms with Gasteiger partial charge in [-0.1, -0.05) is 37.3 Å². The molecule has 0 unspecified atom stereocenters. The molecule has 0 radical (unpaired) electrons. The van der Waals surface area contributed by atoms with Gasteiger partial charge in [0.25, 0.3) is 0 Å². The van der Waals surface area contributed by atoms with E-state index in [0.29, 0.717) is 18.9 Å². The fourth-order valence-corrected chi connectivity index (χ4v) is 2.81. The Kier molecular flexibility index (Phi) is 5.74. The molecule has 26 heavy (non-hydrogen) atoms. The number of furan rings is 1. The van der Waals surface area contributed by atoms with E-state index in [1.54, 1.807) is 30.4 Å². The van der Waals surface area contributed by atoms with Gasteiger partial charge in [-0.3, -0.25) is 4.79 Å². The van der Waals surface area contributed by atoms with E-state index in [0.717, 1.165) is 28.5 Å². The van der Waals surface area contributed by atoms with Crippen LogP contribution in [0.15, 0.2) is 65.3 Å². The van der Waals surface area contributed by atoms with Gasteiger partial charge in [-0.25, -0.2) is 0 Å². The van der Waals surface area contributed by atoms with Crippen LogP contribution >= 0.6 is 0 Å². The van der Waals surface area contributed by atoms with Crippen LogP contribution in [0.2, 0.25) is 0 Å². The molecule has 0 aliphatic rings. The number of likely N-dealkylation sites (N-methyl/N-ethyl adjacent to an activating group) is 1. The van der Waals surface area contributed by atoms with E-state index in [4.69, 9.17) is 9.15 Å². The van der Waals surface area contributed by atoms with Crippen LogP contribution in [0.5, 0.6) is 5.75 Å². The summed E-state index contributed by atoms with van der Waals surface area (Å²) < 4.78 is 11.1. The molecule has 1 amide bonds. The van der Waals surface area contributed by atoms with Crippen LogP contribution in [-0.4, -0.2) is 24.5 Å². The summed E-state index contributed by atoms with van der Waals surface area (Å²) in [5.74, 6) is 1.40. The summed E-state index contributed by atoms with van der Waals surface area (Å²) in [4.78, 5) is 14.1. The van der Waals surface area contributed by atoms with Crippen LogP contribution < -0.4 is 4.74 Å². The van der Waals surface area contributed by atoms with Gasteiger partial charge in [-0.05, 0) is 41.5 Å². The number of ether oxygens (including phenoxy) is 1. The van der Waals surface area contributed by atoms with Gasteiger partial charge < -0.3 is 14.1 Å². The highest BCUT2D eigenvalue weighted by molar-refractivity contribution is 5.92. The minimum atomic E-state index is -0.0872. The first-order valence-corrected chi connectivity index (χ1v) is 8.79. The number of fused-ring (bicyclic) bond motifs is 1. The minimum absolute atomic E-state index is 0.0872. The second-order valence-electron chi connectivity index (χ2n) is 6.15. The Morgan fingerprint density at radius 3 is 2.77 bits per heavy atom. The van der Waals surface area contributed by atoms with Gasteiger partial charge in [-0.2, -0.15) is 0 Å². The second-order valence-corrected chi connectivity index (χ2v) is 6.15. The average Bonchev–Trinajstić information content (AvgIpc) is 3.19. The summed E-state index contributed by atoms with van der Waals surface area (Å²) in [5.41, 5.74) is 1.03. The summed E-state index contributed by atoms with van der Waals surface area (Å²) >= 11 is 0. The van der Waals surface area contributed by atoms with Crippen molar-refractivity contribution in [3.63, 3.8) is 0 Å². The number of carbonyl (C=O) groups is 1. The topological polar surface area (TPSA) is 42.7 Å². The van der Waals surface area contributed by atoms with Crippen molar-refractivity contribution in [3.8, 4) is 5.75 Å². The third kappa shape index (κ3) is 4.14. The molecular formula is C22H23NO3. The molecule has 4 heteroatoms. The van der Waals surface area contributed by atoms with Crippen molar-refractivity contribution in [2.24, 2.45) is 0 Å². The third-order valence-corrected chi connectivity index (χ3v) is 4.16. The molecule has 2 aromatic carbocycles. The number of hydrogen-bond donors (Lipinski definition) is 0. The molecule has 0 saturated carbocycles. The van der Waals surface area contributed by atoms with E-state index >= 15 is 0 Å². The zero-order valence-corrected chi connectivity index (χ0v) is 15.1. The van der Waals surface area contributed by atoms with E-state index in [1.165, 1.54) is 6.08 Å². The zero-order valence-electron chi connectivity index (χ0n) is 15.1. The van der Waals surface area contributed by atoms with E-state index in [9.17, 15) is 4.79 Å². The Morgan fingerprint density at radius 1 is 1.15 bits per heavy atom. The number of carbonyl (C=O) groups excluding carboxylic acids is 1. The van der Waals surface area contributed by atoms with Crippen LogP contribution in [0.25, 0.3) is 16.8 Å². The number of benzene rings is 2. The summed E-state index contributed by atoms with van der Waals surface area (Å²) in [5, 5.41) is 2.24. The highest BCUT2D eigenvalue weighted by Gasteiger charge is 2.14. The van der Waals surface area contributed by atoms with E-state index < -0.39 is 0 Å². The van der Waals surface area contributed by atoms with Crippen LogP contribution in [0.1, 0.15) is 24.7 Å². The molecule has 0 aliphatic heterocycles. The molecule has 0 aliphatic carbocycles. The van der Waals surface area contributed by atoms with E-state index in [2.05, 4.69) is 25.1 Å². The SMILES string of the molecule is CCCOc1ccc2ccccc2c1CN(C)C(=O)/C=C\c1ccco1. The summed E-state index contributed by atoms with van der Waals surface area (Å²) in [7, 11) is 1.79. The molecule has 0 atom stereocenters. The van der Waals surface area contributed by atoms with Crippen LogP contribution in [0, 0.1) is 0 Å². The Balaban J connectivity index is 1.84. The Labute approximate surface area is 153 Å². The highest BCUT2D eigenvalue weighted by Crippen LogP contribution is 2.29. The first-order valence-electron chi connectivity index (χ1n) is 8.79. The maximum atomic E-state index is 12.5. The number of rotatable bonds is 7. The van der Waals surface area contributed by atoms with Gasteiger partial charge >= 0.3 is 0 Å². The summed E-state index contributed by atoms with van der Waals surface area (Å²) in [6.07, 6.45) is 5.72. The Morgan fingerprint density at radius 2 is 2.00 bits per heavy atom. The van der Waals surface area contributed by atoms with E-state index in [-0.39, 0.29) is 5.91 Å². The van der Waals surface area contributed by atoms with Gasteiger partial charge in [0.2, 0.25) is 5.91 Å². The molecule has 3 rings (SSSR count). The number of hydrogen-bond acceptors (Lipinski definition) is 3. The molecule has 4 nitrogen and oxygen atoms in total. The molecule has 1 aromatic heterocycles. The first kappa shape index (κ1) is 17.8. The molecule has 0 N–H and O–H groups in total. The van der Waals surface area contributed by atoms with Gasteiger partial charge in [0.1, 0.15) is 11.5 Å². The molecule has 0 saturated heterocycles. The quantitative estimate of drug-likeness (QED) is 0.570. The smallest absolute Gasteiger partial charge is 0.246 e. The normalized spacial score (nSPS) is 11.2. The lowest BCUT2D eigenvalue weighted by Crippen LogP contribution is -2.24. The van der Waals surface area contributed by atoms with Gasteiger partial charge in [0, 0.05) is 25.2 Å². The minimum Gasteiger partial charge on any atom is -0.493 e. The van der Waals surface area contributed by atoms with Crippen LogP contribution in [0.3, 0.4) is 0 Å². The predicted octanol–water partition coefficient (Wildman–Crippen LogP) is 4.89. The standard InChI is InChI=1S/C22H23NO3/c1-3-14-26-21-12-10-17-7-4-5-9-19(17)20(21)16-23(2)22(24)13-11-18-8-6-15-25-18/h4-13,15H,3,14,16H2,1-2H3/b13-11-. The summed E-state index contributed by atoms with van der Waals surface area (Å²) in [6.45, 7) is 3.21.